The lowest BCUT2D eigenvalue weighted by molar-refractivity contribution is -0.103. The highest BCUT2D eigenvalue weighted by Crippen LogP contribution is 2.10. The lowest BCUT2D eigenvalue weighted by Gasteiger charge is -2.34. The molecule has 0 radical (unpaired) electrons. The second-order valence-corrected chi connectivity index (χ2v) is 4.79. The molecule has 0 aromatic heterocycles. The minimum Gasteiger partial charge on any atom is -0.374 e. The van der Waals surface area contributed by atoms with Gasteiger partial charge in [-0.2, -0.15) is 0 Å². The van der Waals surface area contributed by atoms with E-state index in [-0.39, 0.29) is 6.10 Å². The first-order valence-corrected chi connectivity index (χ1v) is 6.19. The van der Waals surface area contributed by atoms with Crippen molar-refractivity contribution in [3.8, 4) is 0 Å². The number of likely N-dealkylation sites (N-methyl/N-ethyl adjacent to an activating group) is 1. The van der Waals surface area contributed by atoms with Gasteiger partial charge in [0.25, 0.3) is 0 Å². The topological polar surface area (TPSA) is 21.7 Å². The molecule has 1 heterocycles. The van der Waals surface area contributed by atoms with Gasteiger partial charge in [0.2, 0.25) is 0 Å². The summed E-state index contributed by atoms with van der Waals surface area (Å²) in [5.41, 5.74) is 1.21. The number of benzene rings is 1. The highest BCUT2D eigenvalue weighted by molar-refractivity contribution is 5.13. The molecule has 0 N–H and O–H groups in total. The Labute approximate surface area is 103 Å². The molecule has 0 bridgehead atoms. The van der Waals surface area contributed by atoms with E-state index in [2.05, 4.69) is 31.0 Å². The molecule has 1 aliphatic rings. The van der Waals surface area contributed by atoms with E-state index in [0.29, 0.717) is 19.3 Å². The maximum Gasteiger partial charge on any atom is 0.0939 e. The number of rotatable bonds is 4. The molecule has 0 unspecified atom stereocenters. The van der Waals surface area contributed by atoms with Gasteiger partial charge in [-0.1, -0.05) is 30.3 Å². The largest absolute Gasteiger partial charge is 0.374 e. The Balaban J connectivity index is 1.71. The third-order valence-electron chi connectivity index (χ3n) is 2.92. The molecule has 2 rings (SSSR count). The summed E-state index contributed by atoms with van der Waals surface area (Å²) in [5, 5.41) is 0. The van der Waals surface area contributed by atoms with Gasteiger partial charge in [0.05, 0.1) is 25.4 Å². The minimum absolute atomic E-state index is 0.201. The van der Waals surface area contributed by atoms with Crippen molar-refractivity contribution < 1.29 is 9.47 Å². The van der Waals surface area contributed by atoms with Gasteiger partial charge in [-0.25, -0.2) is 0 Å². The quantitative estimate of drug-likeness (QED) is 0.796. The van der Waals surface area contributed by atoms with Gasteiger partial charge in [0.1, 0.15) is 0 Å². The molecule has 3 nitrogen and oxygen atoms in total. The molecule has 0 spiro atoms. The van der Waals surface area contributed by atoms with E-state index < -0.39 is 0 Å². The van der Waals surface area contributed by atoms with E-state index in [9.17, 15) is 0 Å². The Morgan fingerprint density at radius 1 is 1.29 bits per heavy atom. The average molecular weight is 235 g/mol. The number of hydrogen-bond donors (Lipinski definition) is 0. The molecule has 0 saturated carbocycles. The van der Waals surface area contributed by atoms with Crippen molar-refractivity contribution in [1.82, 2.24) is 4.90 Å². The predicted octanol–water partition coefficient (Wildman–Crippen LogP) is 1.92. The molecule has 0 amide bonds. The van der Waals surface area contributed by atoms with Gasteiger partial charge >= 0.3 is 0 Å². The van der Waals surface area contributed by atoms with Crippen molar-refractivity contribution in [1.29, 1.82) is 0 Å². The summed E-state index contributed by atoms with van der Waals surface area (Å²) in [5.74, 6) is 0. The van der Waals surface area contributed by atoms with Crippen LogP contribution in [0.3, 0.4) is 0 Å². The Bertz CT molecular complexity index is 318. The first-order chi connectivity index (χ1) is 8.24. The van der Waals surface area contributed by atoms with E-state index >= 15 is 0 Å². The van der Waals surface area contributed by atoms with Crippen LogP contribution in [0.4, 0.5) is 0 Å². The van der Waals surface area contributed by atoms with Crippen LogP contribution in [0, 0.1) is 0 Å². The number of morpholine rings is 1. The first-order valence-electron chi connectivity index (χ1n) is 6.19. The van der Waals surface area contributed by atoms with Crippen molar-refractivity contribution in [3.05, 3.63) is 35.9 Å². The molecule has 0 aliphatic carbocycles. The Kier molecular flexibility index (Phi) is 4.54. The number of nitrogens with zero attached hydrogens (tertiary/aromatic N) is 1. The molecular weight excluding hydrogens is 214 g/mol. The Morgan fingerprint density at radius 3 is 2.76 bits per heavy atom. The van der Waals surface area contributed by atoms with Crippen molar-refractivity contribution in [3.63, 3.8) is 0 Å². The number of hydrogen-bond acceptors (Lipinski definition) is 3. The molecule has 1 aromatic carbocycles. The van der Waals surface area contributed by atoms with E-state index in [4.69, 9.17) is 9.47 Å². The molecule has 94 valence electrons. The second-order valence-electron chi connectivity index (χ2n) is 4.79. The summed E-state index contributed by atoms with van der Waals surface area (Å²) in [7, 11) is 2.13. The fraction of sp³-hybridized carbons (Fsp3) is 0.571. The maximum absolute atomic E-state index is 5.83. The first kappa shape index (κ1) is 12.6. The monoisotopic (exact) mass is 235 g/mol. The zero-order valence-electron chi connectivity index (χ0n) is 10.6. The van der Waals surface area contributed by atoms with Gasteiger partial charge < -0.3 is 14.4 Å². The summed E-state index contributed by atoms with van der Waals surface area (Å²) in [6.45, 7) is 5.41. The number of ether oxygens (including phenoxy) is 2. The zero-order valence-corrected chi connectivity index (χ0v) is 10.6. The molecule has 1 aromatic rings. The summed E-state index contributed by atoms with van der Waals surface area (Å²) < 4.78 is 11.5. The van der Waals surface area contributed by atoms with E-state index in [0.717, 1.165) is 13.1 Å². The van der Waals surface area contributed by atoms with Crippen LogP contribution in [-0.2, 0) is 16.1 Å². The van der Waals surface area contributed by atoms with E-state index in [1.165, 1.54) is 5.56 Å². The van der Waals surface area contributed by atoms with Crippen LogP contribution in [0.2, 0.25) is 0 Å². The Hall–Kier alpha value is -0.900. The normalized spacial score (nSPS) is 26.0. The fourth-order valence-electron chi connectivity index (χ4n) is 2.25. The molecule has 17 heavy (non-hydrogen) atoms. The van der Waals surface area contributed by atoms with Crippen molar-refractivity contribution >= 4 is 0 Å². The summed E-state index contributed by atoms with van der Waals surface area (Å²) in [6, 6.07) is 10.2. The molecule has 1 fully saturated rings. The SMILES string of the molecule is C[C@@H]1CN(C)C[C@H](COCc2ccccc2)O1. The van der Waals surface area contributed by atoms with E-state index in [1.54, 1.807) is 0 Å². The lowest BCUT2D eigenvalue weighted by atomic mass is 10.2. The van der Waals surface area contributed by atoms with Crippen molar-refractivity contribution in [2.45, 2.75) is 25.7 Å². The van der Waals surface area contributed by atoms with Crippen LogP contribution in [0.5, 0.6) is 0 Å². The average Bonchev–Trinajstić information content (AvgIpc) is 2.29. The van der Waals surface area contributed by atoms with Gasteiger partial charge in [-0.15, -0.1) is 0 Å². The molecule has 3 heteroatoms. The van der Waals surface area contributed by atoms with Gasteiger partial charge in [-0.3, -0.25) is 0 Å². The predicted molar refractivity (Wildman–Crippen MR) is 67.9 cm³/mol. The third-order valence-corrected chi connectivity index (χ3v) is 2.92. The maximum atomic E-state index is 5.83. The summed E-state index contributed by atoms with van der Waals surface area (Å²) >= 11 is 0. The molecule has 1 aliphatic heterocycles. The van der Waals surface area contributed by atoms with Crippen molar-refractivity contribution in [2.24, 2.45) is 0 Å². The van der Waals surface area contributed by atoms with Crippen LogP contribution in [-0.4, -0.2) is 43.9 Å². The van der Waals surface area contributed by atoms with Crippen LogP contribution in [0.1, 0.15) is 12.5 Å². The highest BCUT2D eigenvalue weighted by atomic mass is 16.5. The standard InChI is InChI=1S/C14H21NO2/c1-12-8-15(2)9-14(17-12)11-16-10-13-6-4-3-5-7-13/h3-7,12,14H,8-11H2,1-2H3/t12-,14-/m1/s1. The van der Waals surface area contributed by atoms with Gasteiger partial charge in [0.15, 0.2) is 0 Å². The van der Waals surface area contributed by atoms with Crippen molar-refractivity contribution in [2.75, 3.05) is 26.7 Å². The second kappa shape index (κ2) is 6.15. The smallest absolute Gasteiger partial charge is 0.0939 e. The summed E-state index contributed by atoms with van der Waals surface area (Å²) in [6.07, 6.45) is 0.506. The van der Waals surface area contributed by atoms with Gasteiger partial charge in [0, 0.05) is 13.1 Å². The Morgan fingerprint density at radius 2 is 2.06 bits per heavy atom. The van der Waals surface area contributed by atoms with E-state index in [1.807, 2.05) is 18.2 Å². The molecule has 1 saturated heterocycles. The summed E-state index contributed by atoms with van der Waals surface area (Å²) in [4.78, 5) is 2.30. The lowest BCUT2D eigenvalue weighted by Crippen LogP contribution is -2.46. The third kappa shape index (κ3) is 4.11. The minimum atomic E-state index is 0.201. The molecular formula is C14H21NO2. The highest BCUT2D eigenvalue weighted by Gasteiger charge is 2.22. The van der Waals surface area contributed by atoms with Crippen LogP contribution >= 0.6 is 0 Å². The fourth-order valence-corrected chi connectivity index (χ4v) is 2.25. The van der Waals surface area contributed by atoms with Crippen LogP contribution in [0.15, 0.2) is 30.3 Å². The van der Waals surface area contributed by atoms with Crippen LogP contribution < -0.4 is 0 Å². The van der Waals surface area contributed by atoms with Gasteiger partial charge in [-0.05, 0) is 19.5 Å². The molecule has 2 atom stereocenters. The van der Waals surface area contributed by atoms with Crippen LogP contribution in [0.25, 0.3) is 0 Å². The zero-order chi connectivity index (χ0) is 12.1.